The van der Waals surface area contributed by atoms with E-state index in [0.29, 0.717) is 23.0 Å². The fourth-order valence-corrected chi connectivity index (χ4v) is 4.06. The normalized spacial score (nSPS) is 12.8. The number of benzene rings is 1. The lowest BCUT2D eigenvalue weighted by Gasteiger charge is -2.34. The Kier molecular flexibility index (Phi) is 9.79. The quantitative estimate of drug-likeness (QED) is 0.0557. The summed E-state index contributed by atoms with van der Waals surface area (Å²) in [7, 11) is 1.32. The van der Waals surface area contributed by atoms with Crippen LogP contribution in [0.4, 0.5) is 46.6 Å². The minimum Gasteiger partial charge on any atom is -0.394 e. The number of alkyl halides is 7. The van der Waals surface area contributed by atoms with Crippen molar-refractivity contribution < 1.29 is 55.3 Å². The van der Waals surface area contributed by atoms with E-state index in [1.807, 2.05) is 5.32 Å². The number of carbonyl (C=O) groups is 1. The molecule has 0 bridgehead atoms. The number of hydrogen-bond acceptors (Lipinski definition) is 7. The molecule has 40 heavy (non-hydrogen) atoms. The molecule has 0 aliphatic carbocycles. The van der Waals surface area contributed by atoms with Gasteiger partial charge >= 0.3 is 18.0 Å². The molecule has 2 aromatic rings. The van der Waals surface area contributed by atoms with E-state index in [9.17, 15) is 45.0 Å². The number of aliphatic hydroxyl groups excluding tert-OH is 1. The number of halogens is 8. The van der Waals surface area contributed by atoms with Crippen molar-refractivity contribution in [2.24, 2.45) is 5.84 Å². The number of aromatic nitrogens is 1. The standard InChI is InChI=1S/C22H24F8N6O3S/c1-10-5-12(35-39-4)7-13(15(10)40-18(31)36(32)19(2,3)9-37)17(38)34-16-14(23)6-11(8-33-16)20(24,25)21(26,27)22(28,29)30/h5-8,31,35,37H,9,32H2,1-4H3,(H,33,34,38)/p+1. The number of amides is 1. The van der Waals surface area contributed by atoms with E-state index in [4.69, 9.17) is 16.1 Å². The van der Waals surface area contributed by atoms with Crippen LogP contribution in [0, 0.1) is 18.2 Å². The molecule has 1 aromatic heterocycles. The Morgan fingerprint density at radius 2 is 1.80 bits per heavy atom. The first-order valence-corrected chi connectivity index (χ1v) is 11.8. The number of anilines is 1. The number of pyridine rings is 1. The molecule has 18 heteroatoms. The van der Waals surface area contributed by atoms with Gasteiger partial charge in [-0.3, -0.25) is 15.2 Å². The molecule has 2 rings (SSSR count). The van der Waals surface area contributed by atoms with Crippen molar-refractivity contribution in [1.82, 2.24) is 9.99 Å². The number of aliphatic hydroxyl groups is 1. The third-order valence-corrected chi connectivity index (χ3v) is 6.57. The number of quaternary nitrogens is 1. The van der Waals surface area contributed by atoms with E-state index in [-0.39, 0.29) is 27.9 Å². The van der Waals surface area contributed by atoms with Crippen LogP contribution < -0.4 is 16.6 Å². The Morgan fingerprint density at radius 3 is 2.30 bits per heavy atom. The highest BCUT2D eigenvalue weighted by molar-refractivity contribution is 8.13. The Balaban J connectivity index is 2.48. The Morgan fingerprint density at radius 1 is 1.20 bits per heavy atom. The van der Waals surface area contributed by atoms with E-state index in [2.05, 4.69) is 4.98 Å². The van der Waals surface area contributed by atoms with Gasteiger partial charge in [0, 0.05) is 28.8 Å². The van der Waals surface area contributed by atoms with Gasteiger partial charge < -0.3 is 10.4 Å². The average Bonchev–Trinajstić information content (AvgIpc) is 2.85. The zero-order chi connectivity index (χ0) is 30.8. The van der Waals surface area contributed by atoms with Gasteiger partial charge in [0.1, 0.15) is 0 Å². The first-order chi connectivity index (χ1) is 18.2. The predicted octanol–water partition coefficient (Wildman–Crippen LogP) is 3.80. The molecule has 0 radical (unpaired) electrons. The van der Waals surface area contributed by atoms with E-state index < -0.39 is 53.3 Å². The fourth-order valence-electron chi connectivity index (χ4n) is 3.04. The van der Waals surface area contributed by atoms with Gasteiger partial charge in [-0.1, -0.05) is 11.8 Å². The number of rotatable bonds is 9. The molecule has 0 fully saturated rings. The second-order valence-corrected chi connectivity index (χ2v) is 9.97. The fraction of sp³-hybridized carbons (Fsp3) is 0.409. The molecule has 0 atom stereocenters. The summed E-state index contributed by atoms with van der Waals surface area (Å²) in [5.41, 5.74) is -1.39. The van der Waals surface area contributed by atoms with Gasteiger partial charge in [0.05, 0.1) is 24.8 Å². The zero-order valence-electron chi connectivity index (χ0n) is 21.3. The van der Waals surface area contributed by atoms with Crippen LogP contribution in [-0.2, 0) is 10.8 Å². The van der Waals surface area contributed by atoms with Crippen LogP contribution in [0.2, 0.25) is 0 Å². The number of aryl methyl sites for hydroxylation is 1. The monoisotopic (exact) mass is 605 g/mol. The first-order valence-electron chi connectivity index (χ1n) is 10.9. The van der Waals surface area contributed by atoms with Crippen LogP contribution in [0.1, 0.15) is 35.3 Å². The molecule has 7 N–H and O–H groups in total. The van der Waals surface area contributed by atoms with E-state index in [1.165, 1.54) is 32.5 Å². The van der Waals surface area contributed by atoms with Gasteiger partial charge in [-0.15, -0.1) is 0 Å². The maximum atomic E-state index is 14.6. The lowest BCUT2D eigenvalue weighted by molar-refractivity contribution is -0.830. The van der Waals surface area contributed by atoms with Crippen molar-refractivity contribution in [3.63, 3.8) is 0 Å². The number of nitrogens with one attached hydrogen (secondary N) is 2. The average molecular weight is 606 g/mol. The van der Waals surface area contributed by atoms with Crippen molar-refractivity contribution in [1.29, 1.82) is 5.41 Å². The zero-order valence-corrected chi connectivity index (χ0v) is 22.1. The summed E-state index contributed by atoms with van der Waals surface area (Å²) in [6.45, 7) is 4.18. The molecule has 1 heterocycles. The predicted molar refractivity (Wildman–Crippen MR) is 128 cm³/mol. The molecule has 222 valence electrons. The molecule has 0 aliphatic rings. The number of hydrazine groups is 1. The number of nitrogens with two attached hydrogens (primary N) is 2. The molecule has 9 nitrogen and oxygen atoms in total. The number of amidine groups is 1. The molecule has 0 spiro atoms. The van der Waals surface area contributed by atoms with E-state index in [1.54, 1.807) is 13.0 Å². The topological polar surface area (TPSA) is 141 Å². The van der Waals surface area contributed by atoms with Gasteiger partial charge in [0.2, 0.25) is 0 Å². The molecule has 1 amide bonds. The molecule has 1 aromatic carbocycles. The number of carbonyl (C=O) groups excluding carboxylic acids is 1. The summed E-state index contributed by atoms with van der Waals surface area (Å²) in [6, 6.07) is 2.52. The highest BCUT2D eigenvalue weighted by Crippen LogP contribution is 2.51. The molecule has 0 saturated heterocycles. The Labute approximate surface area is 226 Å². The van der Waals surface area contributed by atoms with Crippen LogP contribution >= 0.6 is 11.8 Å². The minimum absolute atomic E-state index is 0.118. The highest BCUT2D eigenvalue weighted by atomic mass is 32.2. The van der Waals surface area contributed by atoms with Crippen LogP contribution in [0.25, 0.3) is 0 Å². The van der Waals surface area contributed by atoms with Crippen LogP contribution in [-0.4, -0.2) is 57.5 Å². The second kappa shape index (κ2) is 11.8. The van der Waals surface area contributed by atoms with Crippen LogP contribution in [0.15, 0.2) is 29.3 Å². The van der Waals surface area contributed by atoms with Gasteiger partial charge in [-0.25, -0.2) is 20.1 Å². The van der Waals surface area contributed by atoms with Crippen LogP contribution in [0.3, 0.4) is 0 Å². The maximum absolute atomic E-state index is 14.6. The largest absolute Gasteiger partial charge is 0.460 e. The van der Waals surface area contributed by atoms with Gasteiger partial charge in [0.15, 0.2) is 22.5 Å². The second-order valence-electron chi connectivity index (χ2n) is 8.97. The van der Waals surface area contributed by atoms with Crippen molar-refractivity contribution >= 4 is 34.3 Å². The van der Waals surface area contributed by atoms with Crippen molar-refractivity contribution in [3.8, 4) is 0 Å². The maximum Gasteiger partial charge on any atom is 0.460 e. The molecule has 0 aliphatic heterocycles. The summed E-state index contributed by atoms with van der Waals surface area (Å²) in [6.07, 6.45) is -6.76. The minimum atomic E-state index is -6.64. The molecular formula is C22H25F8N6O3S+. The smallest absolute Gasteiger partial charge is 0.394 e. The van der Waals surface area contributed by atoms with Crippen molar-refractivity contribution in [3.05, 3.63) is 46.9 Å². The Hall–Kier alpha value is -3.06. The lowest BCUT2D eigenvalue weighted by Crippen LogP contribution is -2.76. The van der Waals surface area contributed by atoms with E-state index >= 15 is 0 Å². The Bertz CT molecular complexity index is 1280. The summed E-state index contributed by atoms with van der Waals surface area (Å²) in [4.78, 5) is 21.3. The summed E-state index contributed by atoms with van der Waals surface area (Å²) < 4.78 is 107. The summed E-state index contributed by atoms with van der Waals surface area (Å²) in [5, 5.41) is 20.4. The van der Waals surface area contributed by atoms with E-state index in [0.717, 1.165) is 5.01 Å². The number of thioether (sulfide) groups is 1. The molecule has 0 saturated carbocycles. The third-order valence-electron chi connectivity index (χ3n) is 5.44. The number of hydrogen-bond donors (Lipinski definition) is 5. The van der Waals surface area contributed by atoms with Gasteiger partial charge in [-0.05, 0) is 32.4 Å². The first kappa shape index (κ1) is 33.1. The van der Waals surface area contributed by atoms with Crippen molar-refractivity contribution in [2.75, 3.05) is 19.0 Å². The molecule has 0 unspecified atom stereocenters. The van der Waals surface area contributed by atoms with Gasteiger partial charge in [0.25, 0.3) is 5.91 Å². The van der Waals surface area contributed by atoms with Crippen molar-refractivity contribution in [2.45, 2.75) is 49.2 Å². The number of nitrogens with zero attached hydrogens (tertiary/aromatic N) is 2. The highest BCUT2D eigenvalue weighted by Gasteiger charge is 2.73. The summed E-state index contributed by atoms with van der Waals surface area (Å²) in [5.74, 6) is -10.5. The van der Waals surface area contributed by atoms with Crippen LogP contribution in [0.5, 0.6) is 0 Å². The van der Waals surface area contributed by atoms with Gasteiger partial charge in [-0.2, -0.15) is 36.2 Å². The third kappa shape index (κ3) is 6.63. The lowest BCUT2D eigenvalue weighted by atomic mass is 10.0. The molecular weight excluding hydrogens is 580 g/mol. The SMILES string of the molecule is CO[NH2+]c1cc(C)c(SC(=N)N(N)C(C)(C)CO)c(C(=O)Nc2ncc(C(F)(F)C(F)(F)C(F)(F)F)cc2F)c1. The summed E-state index contributed by atoms with van der Waals surface area (Å²) >= 11 is 0.682.